The SMILES string of the molecule is CC(C)(C)OC(=O)NC1CNc2cccc(I)c2NC1=O. The lowest BCUT2D eigenvalue weighted by atomic mass is 10.2. The number of anilines is 2. The van der Waals surface area contributed by atoms with Crippen molar-refractivity contribution in [3.05, 3.63) is 21.8 Å². The Hall–Kier alpha value is -1.51. The van der Waals surface area contributed by atoms with E-state index in [2.05, 4.69) is 38.5 Å². The van der Waals surface area contributed by atoms with Gasteiger partial charge >= 0.3 is 6.09 Å². The van der Waals surface area contributed by atoms with Gasteiger partial charge in [0.1, 0.15) is 11.6 Å². The fraction of sp³-hybridized carbons (Fsp3) is 0.429. The van der Waals surface area contributed by atoms with Crippen LogP contribution < -0.4 is 16.0 Å². The fourth-order valence-corrected chi connectivity index (χ4v) is 2.51. The van der Waals surface area contributed by atoms with Gasteiger partial charge in [0, 0.05) is 10.1 Å². The number of carbonyl (C=O) groups is 2. The Labute approximate surface area is 137 Å². The molecule has 1 atom stereocenters. The summed E-state index contributed by atoms with van der Waals surface area (Å²) in [6.07, 6.45) is -0.606. The Balaban J connectivity index is 2.07. The summed E-state index contributed by atoms with van der Waals surface area (Å²) in [7, 11) is 0. The third-order valence-corrected chi connectivity index (χ3v) is 3.66. The van der Waals surface area contributed by atoms with Crippen molar-refractivity contribution in [3.63, 3.8) is 0 Å². The van der Waals surface area contributed by atoms with Crippen molar-refractivity contribution in [1.29, 1.82) is 0 Å². The summed E-state index contributed by atoms with van der Waals surface area (Å²) < 4.78 is 6.11. The summed E-state index contributed by atoms with van der Waals surface area (Å²) in [6, 6.07) is 5.00. The molecule has 0 radical (unpaired) electrons. The van der Waals surface area contributed by atoms with Crippen molar-refractivity contribution in [2.75, 3.05) is 17.2 Å². The molecular weight excluding hydrogens is 385 g/mol. The first-order valence-electron chi connectivity index (χ1n) is 6.59. The Bertz CT molecular complexity index is 569. The molecule has 114 valence electrons. The van der Waals surface area contributed by atoms with E-state index in [1.165, 1.54) is 0 Å². The number of benzene rings is 1. The molecule has 0 fully saturated rings. The molecule has 0 aliphatic carbocycles. The van der Waals surface area contributed by atoms with Crippen molar-refractivity contribution in [1.82, 2.24) is 5.32 Å². The van der Waals surface area contributed by atoms with Gasteiger partial charge in [-0.25, -0.2) is 4.79 Å². The van der Waals surface area contributed by atoms with Crippen molar-refractivity contribution in [2.24, 2.45) is 0 Å². The third-order valence-electron chi connectivity index (χ3n) is 2.77. The van der Waals surface area contributed by atoms with Crippen LogP contribution in [0, 0.1) is 3.57 Å². The zero-order valence-electron chi connectivity index (χ0n) is 12.1. The molecule has 1 aromatic carbocycles. The maximum absolute atomic E-state index is 12.2. The summed E-state index contributed by atoms with van der Waals surface area (Å²) in [4.78, 5) is 24.0. The zero-order chi connectivity index (χ0) is 15.6. The Morgan fingerprint density at radius 1 is 1.43 bits per heavy atom. The molecule has 0 saturated heterocycles. The van der Waals surface area contributed by atoms with Crippen LogP contribution in [0.25, 0.3) is 0 Å². The lowest BCUT2D eigenvalue weighted by Crippen LogP contribution is -2.48. The molecule has 1 aliphatic heterocycles. The predicted molar refractivity (Wildman–Crippen MR) is 89.4 cm³/mol. The summed E-state index contributed by atoms with van der Waals surface area (Å²) in [5, 5.41) is 8.57. The second-order valence-electron chi connectivity index (χ2n) is 5.73. The highest BCUT2D eigenvalue weighted by molar-refractivity contribution is 14.1. The molecule has 1 heterocycles. The number of rotatable bonds is 1. The minimum Gasteiger partial charge on any atom is -0.444 e. The van der Waals surface area contributed by atoms with Gasteiger partial charge in [-0.05, 0) is 55.5 Å². The monoisotopic (exact) mass is 403 g/mol. The maximum Gasteiger partial charge on any atom is 0.408 e. The molecule has 2 amide bonds. The normalized spacial score (nSPS) is 17.9. The van der Waals surface area contributed by atoms with E-state index in [0.29, 0.717) is 6.54 Å². The van der Waals surface area contributed by atoms with Gasteiger partial charge in [0.25, 0.3) is 0 Å². The summed E-state index contributed by atoms with van der Waals surface area (Å²) in [6.45, 7) is 5.63. The Morgan fingerprint density at radius 2 is 2.14 bits per heavy atom. The standard InChI is InChI=1S/C14H18IN3O3/c1-14(2,3)21-13(20)17-10-7-16-9-6-4-5-8(15)11(9)18-12(10)19/h4-6,10,16H,7H2,1-3H3,(H,17,20)(H,18,19). The number of halogens is 1. The van der Waals surface area contributed by atoms with Crippen LogP contribution in [-0.2, 0) is 9.53 Å². The quantitative estimate of drug-likeness (QED) is 0.630. The first-order valence-corrected chi connectivity index (χ1v) is 7.67. The first kappa shape index (κ1) is 15.9. The summed E-state index contributed by atoms with van der Waals surface area (Å²) in [5.41, 5.74) is 0.970. The van der Waals surface area contributed by atoms with Crippen LogP contribution in [0.3, 0.4) is 0 Å². The molecule has 1 unspecified atom stereocenters. The van der Waals surface area contributed by atoms with E-state index in [4.69, 9.17) is 4.74 Å². The Morgan fingerprint density at radius 3 is 2.81 bits per heavy atom. The van der Waals surface area contributed by atoms with Gasteiger partial charge in [0.05, 0.1) is 11.4 Å². The van der Waals surface area contributed by atoms with Crippen molar-refractivity contribution >= 4 is 46.0 Å². The molecule has 1 aliphatic rings. The lowest BCUT2D eigenvalue weighted by Gasteiger charge is -2.22. The average molecular weight is 403 g/mol. The number of fused-ring (bicyclic) bond motifs is 1. The average Bonchev–Trinajstić information content (AvgIpc) is 2.49. The van der Waals surface area contributed by atoms with Crippen LogP contribution in [-0.4, -0.2) is 30.2 Å². The molecule has 2 rings (SSSR count). The number of alkyl carbamates (subject to hydrolysis) is 1. The van der Waals surface area contributed by atoms with E-state index < -0.39 is 17.7 Å². The van der Waals surface area contributed by atoms with E-state index in [1.54, 1.807) is 20.8 Å². The minimum atomic E-state index is -0.692. The number of carbonyl (C=O) groups excluding carboxylic acids is 2. The molecule has 0 bridgehead atoms. The second-order valence-corrected chi connectivity index (χ2v) is 6.89. The first-order chi connectivity index (χ1) is 9.76. The molecule has 7 heteroatoms. The molecule has 0 spiro atoms. The van der Waals surface area contributed by atoms with Gasteiger partial charge < -0.3 is 20.7 Å². The largest absolute Gasteiger partial charge is 0.444 e. The molecule has 0 saturated carbocycles. The van der Waals surface area contributed by atoms with Crippen LogP contribution in [0.4, 0.5) is 16.2 Å². The van der Waals surface area contributed by atoms with Crippen molar-refractivity contribution in [3.8, 4) is 0 Å². The summed E-state index contributed by atoms with van der Waals surface area (Å²) >= 11 is 2.15. The molecule has 3 N–H and O–H groups in total. The number of nitrogens with one attached hydrogen (secondary N) is 3. The van der Waals surface area contributed by atoms with E-state index in [-0.39, 0.29) is 5.91 Å². The third kappa shape index (κ3) is 4.23. The van der Waals surface area contributed by atoms with Crippen LogP contribution >= 0.6 is 22.6 Å². The van der Waals surface area contributed by atoms with Crippen LogP contribution in [0.15, 0.2) is 18.2 Å². The van der Waals surface area contributed by atoms with Gasteiger partial charge in [-0.2, -0.15) is 0 Å². The second kappa shape index (κ2) is 6.08. The topological polar surface area (TPSA) is 79.5 Å². The van der Waals surface area contributed by atoms with Gasteiger partial charge in [0.2, 0.25) is 5.91 Å². The lowest BCUT2D eigenvalue weighted by molar-refractivity contribution is -0.117. The minimum absolute atomic E-state index is 0.267. The summed E-state index contributed by atoms with van der Waals surface area (Å²) in [5.74, 6) is -0.267. The molecule has 1 aromatic rings. The highest BCUT2D eigenvalue weighted by Gasteiger charge is 2.27. The maximum atomic E-state index is 12.2. The molecular formula is C14H18IN3O3. The van der Waals surface area contributed by atoms with Crippen LogP contribution in [0.2, 0.25) is 0 Å². The number of hydrogen-bond donors (Lipinski definition) is 3. The van der Waals surface area contributed by atoms with Gasteiger partial charge in [-0.3, -0.25) is 4.79 Å². The molecule has 6 nitrogen and oxygen atoms in total. The highest BCUT2D eigenvalue weighted by Crippen LogP contribution is 2.29. The van der Waals surface area contributed by atoms with E-state index >= 15 is 0 Å². The van der Waals surface area contributed by atoms with E-state index in [9.17, 15) is 9.59 Å². The van der Waals surface area contributed by atoms with Crippen molar-refractivity contribution < 1.29 is 14.3 Å². The van der Waals surface area contributed by atoms with Gasteiger partial charge in [0.15, 0.2) is 0 Å². The van der Waals surface area contributed by atoms with Crippen LogP contribution in [0.5, 0.6) is 0 Å². The fourth-order valence-electron chi connectivity index (χ4n) is 1.88. The highest BCUT2D eigenvalue weighted by atomic mass is 127. The zero-order valence-corrected chi connectivity index (χ0v) is 14.3. The Kier molecular flexibility index (Phi) is 4.60. The van der Waals surface area contributed by atoms with E-state index in [0.717, 1.165) is 14.9 Å². The van der Waals surface area contributed by atoms with Gasteiger partial charge in [-0.15, -0.1) is 0 Å². The van der Waals surface area contributed by atoms with Crippen LogP contribution in [0.1, 0.15) is 20.8 Å². The van der Waals surface area contributed by atoms with Crippen molar-refractivity contribution in [2.45, 2.75) is 32.4 Å². The molecule has 21 heavy (non-hydrogen) atoms. The smallest absolute Gasteiger partial charge is 0.408 e. The number of amides is 2. The van der Waals surface area contributed by atoms with Gasteiger partial charge in [-0.1, -0.05) is 6.07 Å². The number of para-hydroxylation sites is 1. The number of ether oxygens (including phenoxy) is 1. The number of hydrogen-bond acceptors (Lipinski definition) is 4. The molecule has 0 aromatic heterocycles. The van der Waals surface area contributed by atoms with E-state index in [1.807, 2.05) is 18.2 Å². The predicted octanol–water partition coefficient (Wildman–Crippen LogP) is 2.55.